The Morgan fingerprint density at radius 3 is 2.27 bits per heavy atom. The summed E-state index contributed by atoms with van der Waals surface area (Å²) in [5.74, 6) is 2.41. The lowest BCUT2D eigenvalue weighted by atomic mass is 10.0. The van der Waals surface area contributed by atoms with E-state index in [0.717, 1.165) is 46.8 Å². The van der Waals surface area contributed by atoms with Crippen LogP contribution in [0.5, 0.6) is 23.0 Å². The molecule has 0 spiro atoms. The van der Waals surface area contributed by atoms with Crippen LogP contribution in [0.25, 0.3) is 32.6 Å². The fourth-order valence-electron chi connectivity index (χ4n) is 4.58. The smallest absolute Gasteiger partial charge is 0.259 e. The van der Waals surface area contributed by atoms with Crippen molar-refractivity contribution in [2.75, 3.05) is 40.6 Å². The van der Waals surface area contributed by atoms with Crippen LogP contribution < -0.4 is 24.5 Å². The monoisotopic (exact) mass is 449 g/mol. The fraction of sp³-hybridized carbons (Fsp3) is 0.360. The Balaban J connectivity index is 1.88. The highest BCUT2D eigenvalue weighted by Crippen LogP contribution is 2.40. The highest BCUT2D eigenvalue weighted by atomic mass is 16.7. The lowest BCUT2D eigenvalue weighted by molar-refractivity contribution is 0.174. The molecule has 2 aromatic heterocycles. The molecule has 33 heavy (non-hydrogen) atoms. The summed E-state index contributed by atoms with van der Waals surface area (Å²) in [5.41, 5.74) is 1.51. The van der Waals surface area contributed by atoms with E-state index in [1.54, 1.807) is 20.3 Å². The molecular weight excluding hydrogens is 422 g/mol. The Labute approximate surface area is 191 Å². The third-order valence-corrected chi connectivity index (χ3v) is 6.43. The van der Waals surface area contributed by atoms with Crippen LogP contribution in [0.15, 0.2) is 35.3 Å². The van der Waals surface area contributed by atoms with Gasteiger partial charge in [0, 0.05) is 41.5 Å². The van der Waals surface area contributed by atoms with E-state index in [9.17, 15) is 4.79 Å². The van der Waals surface area contributed by atoms with Crippen LogP contribution in [0.3, 0.4) is 0 Å². The largest absolute Gasteiger partial charge is 0.493 e. The number of pyridine rings is 2. The van der Waals surface area contributed by atoms with E-state index in [2.05, 4.69) is 18.7 Å². The number of fused-ring (bicyclic) bond motifs is 6. The van der Waals surface area contributed by atoms with Gasteiger partial charge in [0.2, 0.25) is 6.79 Å². The molecule has 0 atom stereocenters. The molecule has 2 aromatic carbocycles. The standard InChI is InChI=1S/C25H27N3O5/c1-5-27(6-2)7-8-28-24-17-11-22-23(33-14-32-22)12-19(17)26-13-18(24)15-9-20(30-3)21(31-4)10-16(15)25(28)29/h9-13H,5-8,14H2,1-4H3. The van der Waals surface area contributed by atoms with Gasteiger partial charge in [0.15, 0.2) is 23.0 Å². The van der Waals surface area contributed by atoms with Crippen LogP contribution in [0.2, 0.25) is 0 Å². The maximum atomic E-state index is 13.8. The molecule has 1 aliphatic rings. The van der Waals surface area contributed by atoms with E-state index >= 15 is 0 Å². The zero-order valence-electron chi connectivity index (χ0n) is 19.3. The summed E-state index contributed by atoms with van der Waals surface area (Å²) >= 11 is 0. The van der Waals surface area contributed by atoms with Crippen LogP contribution >= 0.6 is 0 Å². The summed E-state index contributed by atoms with van der Waals surface area (Å²) in [4.78, 5) is 20.8. The van der Waals surface area contributed by atoms with Gasteiger partial charge < -0.3 is 28.4 Å². The van der Waals surface area contributed by atoms with Crippen molar-refractivity contribution in [2.45, 2.75) is 20.4 Å². The number of ether oxygens (including phenoxy) is 4. The van der Waals surface area contributed by atoms with Crippen LogP contribution in [0.4, 0.5) is 0 Å². The molecule has 8 nitrogen and oxygen atoms in total. The molecular formula is C25H27N3O5. The average Bonchev–Trinajstić information content (AvgIpc) is 3.31. The van der Waals surface area contributed by atoms with Gasteiger partial charge in [-0.05, 0) is 31.3 Å². The molecule has 0 fully saturated rings. The van der Waals surface area contributed by atoms with E-state index in [1.807, 2.05) is 29.0 Å². The third-order valence-electron chi connectivity index (χ3n) is 6.43. The first kappa shape index (κ1) is 21.3. The number of nitrogens with zero attached hydrogens (tertiary/aromatic N) is 3. The molecule has 0 saturated carbocycles. The molecule has 0 N–H and O–H groups in total. The number of benzene rings is 2. The summed E-state index contributed by atoms with van der Waals surface area (Å²) in [7, 11) is 3.16. The molecule has 0 aliphatic carbocycles. The van der Waals surface area contributed by atoms with E-state index in [-0.39, 0.29) is 12.4 Å². The lowest BCUT2D eigenvalue weighted by Gasteiger charge is -2.21. The van der Waals surface area contributed by atoms with Crippen molar-refractivity contribution in [1.82, 2.24) is 14.5 Å². The Bertz CT molecular complexity index is 1430. The number of hydrogen-bond acceptors (Lipinski definition) is 7. The molecule has 0 amide bonds. The summed E-state index contributed by atoms with van der Waals surface area (Å²) in [6.07, 6.45) is 1.82. The fourth-order valence-corrected chi connectivity index (χ4v) is 4.58. The second kappa shape index (κ2) is 8.44. The van der Waals surface area contributed by atoms with Crippen LogP contribution in [-0.2, 0) is 6.54 Å². The van der Waals surface area contributed by atoms with Crippen molar-refractivity contribution in [3.05, 3.63) is 40.8 Å². The van der Waals surface area contributed by atoms with E-state index < -0.39 is 0 Å². The molecule has 8 heteroatoms. The minimum atomic E-state index is -0.0734. The lowest BCUT2D eigenvalue weighted by Crippen LogP contribution is -2.31. The van der Waals surface area contributed by atoms with Crippen molar-refractivity contribution in [3.63, 3.8) is 0 Å². The normalized spacial score (nSPS) is 12.9. The van der Waals surface area contributed by atoms with Crippen molar-refractivity contribution in [2.24, 2.45) is 0 Å². The van der Waals surface area contributed by atoms with E-state index in [0.29, 0.717) is 34.9 Å². The molecule has 1 aliphatic heterocycles. The number of aromatic nitrogens is 2. The second-order valence-corrected chi connectivity index (χ2v) is 7.98. The van der Waals surface area contributed by atoms with Gasteiger partial charge in [-0.2, -0.15) is 0 Å². The predicted molar refractivity (Wildman–Crippen MR) is 128 cm³/mol. The van der Waals surface area contributed by atoms with Gasteiger partial charge in [0.25, 0.3) is 5.56 Å². The molecule has 172 valence electrons. The molecule has 3 heterocycles. The zero-order valence-corrected chi connectivity index (χ0v) is 19.3. The maximum absolute atomic E-state index is 13.8. The Kier molecular flexibility index (Phi) is 5.46. The van der Waals surface area contributed by atoms with Gasteiger partial charge >= 0.3 is 0 Å². The first-order valence-corrected chi connectivity index (χ1v) is 11.1. The van der Waals surface area contributed by atoms with Gasteiger partial charge in [0.05, 0.1) is 30.6 Å². The molecule has 4 aromatic rings. The van der Waals surface area contributed by atoms with Crippen molar-refractivity contribution < 1.29 is 18.9 Å². The van der Waals surface area contributed by atoms with Crippen molar-refractivity contribution >= 4 is 32.6 Å². The summed E-state index contributed by atoms with van der Waals surface area (Å²) < 4.78 is 24.0. The minimum absolute atomic E-state index is 0.0734. The van der Waals surface area contributed by atoms with E-state index in [1.165, 1.54) is 0 Å². The summed E-state index contributed by atoms with van der Waals surface area (Å²) in [6.45, 7) is 7.58. The maximum Gasteiger partial charge on any atom is 0.259 e. The zero-order chi connectivity index (χ0) is 23.1. The van der Waals surface area contributed by atoms with Crippen LogP contribution in [0, 0.1) is 0 Å². The topological polar surface area (TPSA) is 75.1 Å². The Morgan fingerprint density at radius 1 is 0.939 bits per heavy atom. The van der Waals surface area contributed by atoms with Gasteiger partial charge in [-0.25, -0.2) is 0 Å². The first-order chi connectivity index (χ1) is 16.1. The highest BCUT2D eigenvalue weighted by molar-refractivity contribution is 6.15. The molecule has 0 saturated heterocycles. The average molecular weight is 450 g/mol. The van der Waals surface area contributed by atoms with Crippen LogP contribution in [-0.4, -0.2) is 55.1 Å². The minimum Gasteiger partial charge on any atom is -0.493 e. The van der Waals surface area contributed by atoms with Gasteiger partial charge in [-0.3, -0.25) is 9.78 Å². The van der Waals surface area contributed by atoms with Gasteiger partial charge in [0.1, 0.15) is 0 Å². The van der Waals surface area contributed by atoms with E-state index in [4.69, 9.17) is 23.9 Å². The molecule has 0 unspecified atom stereocenters. The van der Waals surface area contributed by atoms with Crippen LogP contribution in [0.1, 0.15) is 13.8 Å². The van der Waals surface area contributed by atoms with Gasteiger partial charge in [-0.15, -0.1) is 0 Å². The van der Waals surface area contributed by atoms with Gasteiger partial charge in [-0.1, -0.05) is 13.8 Å². The number of rotatable bonds is 7. The first-order valence-electron chi connectivity index (χ1n) is 11.1. The quantitative estimate of drug-likeness (QED) is 0.398. The molecule has 0 radical (unpaired) electrons. The number of methoxy groups -OCH3 is 2. The Hall–Kier alpha value is -3.52. The SMILES string of the molecule is CCN(CC)CCn1c(=O)c2cc(OC)c(OC)cc2c2cnc3cc4c(cc3c21)OCO4. The number of likely N-dealkylation sites (N-methyl/N-ethyl adjacent to an activating group) is 1. The number of hydrogen-bond donors (Lipinski definition) is 0. The Morgan fingerprint density at radius 2 is 1.61 bits per heavy atom. The van der Waals surface area contributed by atoms with Crippen molar-refractivity contribution in [3.8, 4) is 23.0 Å². The second-order valence-electron chi connectivity index (χ2n) is 7.98. The summed E-state index contributed by atoms with van der Waals surface area (Å²) in [5, 5.41) is 3.07. The molecule has 5 rings (SSSR count). The predicted octanol–water partition coefficient (Wildman–Crippen LogP) is 3.79. The molecule has 0 bridgehead atoms. The summed E-state index contributed by atoms with van der Waals surface area (Å²) in [6, 6.07) is 7.41. The third kappa shape index (κ3) is 3.41. The van der Waals surface area contributed by atoms with Crippen molar-refractivity contribution in [1.29, 1.82) is 0 Å². The highest BCUT2D eigenvalue weighted by Gasteiger charge is 2.21.